The van der Waals surface area contributed by atoms with Crippen LogP contribution in [0.5, 0.6) is 0 Å². The second kappa shape index (κ2) is 8.97. The van der Waals surface area contributed by atoms with Crippen molar-refractivity contribution < 1.29 is 14.2 Å². The van der Waals surface area contributed by atoms with Gasteiger partial charge in [0.1, 0.15) is 5.82 Å². The first kappa shape index (κ1) is 18.6. The summed E-state index contributed by atoms with van der Waals surface area (Å²) in [5.74, 6) is -0.238. The molecule has 1 heterocycles. The third-order valence-electron chi connectivity index (χ3n) is 3.85. The van der Waals surface area contributed by atoms with Gasteiger partial charge in [0, 0.05) is 38.6 Å². The van der Waals surface area contributed by atoms with Gasteiger partial charge in [-0.15, -0.1) is 0 Å². The highest BCUT2D eigenvalue weighted by atomic mass is 19.1. The lowest BCUT2D eigenvalue weighted by molar-refractivity contribution is -0.0109. The molecule has 0 aliphatic rings. The quantitative estimate of drug-likeness (QED) is 0.766. The summed E-state index contributed by atoms with van der Waals surface area (Å²) in [6.45, 7) is 6.06. The molecule has 0 aliphatic carbocycles. The summed E-state index contributed by atoms with van der Waals surface area (Å²) < 4.78 is 20.7. The Morgan fingerprint density at radius 1 is 1.17 bits per heavy atom. The number of halogens is 1. The van der Waals surface area contributed by atoms with Crippen LogP contribution in [0.1, 0.15) is 25.1 Å². The molecular weight excluding hydrogens is 307 g/mol. The maximum Gasteiger partial charge on any atom is 0.123 e. The number of benzene rings is 1. The van der Waals surface area contributed by atoms with Crippen molar-refractivity contribution >= 4 is 0 Å². The Morgan fingerprint density at radius 2 is 1.88 bits per heavy atom. The van der Waals surface area contributed by atoms with Crippen LogP contribution in [0.15, 0.2) is 42.6 Å². The molecule has 5 heteroatoms. The summed E-state index contributed by atoms with van der Waals surface area (Å²) >= 11 is 0. The molecule has 0 fully saturated rings. The molecule has 1 aromatic heterocycles. The Kier molecular flexibility index (Phi) is 6.97. The molecule has 0 saturated carbocycles. The van der Waals surface area contributed by atoms with Crippen LogP contribution in [0.3, 0.4) is 0 Å². The van der Waals surface area contributed by atoms with Gasteiger partial charge in [0.15, 0.2) is 0 Å². The van der Waals surface area contributed by atoms with Crippen molar-refractivity contribution in [1.82, 2.24) is 9.47 Å². The SMILES string of the molecule is CC(C)OC[C@H](O)CN(Cc1ccc(F)cc1)Cc1cccn1C. The predicted molar refractivity (Wildman–Crippen MR) is 93.0 cm³/mol. The van der Waals surface area contributed by atoms with Crippen LogP contribution in [0.2, 0.25) is 0 Å². The Bertz CT molecular complexity index is 610. The largest absolute Gasteiger partial charge is 0.389 e. The molecule has 0 aliphatic heterocycles. The molecule has 0 saturated heterocycles. The zero-order valence-electron chi connectivity index (χ0n) is 14.7. The second-order valence-electron chi connectivity index (χ2n) is 6.44. The smallest absolute Gasteiger partial charge is 0.123 e. The topological polar surface area (TPSA) is 37.6 Å². The van der Waals surface area contributed by atoms with Crippen LogP contribution < -0.4 is 0 Å². The Labute approximate surface area is 143 Å². The highest BCUT2D eigenvalue weighted by Gasteiger charge is 2.15. The molecular formula is C19H27FN2O2. The maximum atomic E-state index is 13.1. The van der Waals surface area contributed by atoms with E-state index in [1.165, 1.54) is 12.1 Å². The fraction of sp³-hybridized carbons (Fsp3) is 0.474. The average Bonchev–Trinajstić information content (AvgIpc) is 2.92. The third kappa shape index (κ3) is 6.07. The second-order valence-corrected chi connectivity index (χ2v) is 6.44. The zero-order chi connectivity index (χ0) is 17.5. The van der Waals surface area contributed by atoms with Gasteiger partial charge in [0.25, 0.3) is 0 Å². The number of aliphatic hydroxyl groups excluding tert-OH is 1. The molecule has 1 N–H and O–H groups in total. The molecule has 2 rings (SSSR count). The van der Waals surface area contributed by atoms with E-state index < -0.39 is 6.10 Å². The summed E-state index contributed by atoms with van der Waals surface area (Å²) in [6.07, 6.45) is 1.54. The van der Waals surface area contributed by atoms with E-state index in [-0.39, 0.29) is 11.9 Å². The third-order valence-corrected chi connectivity index (χ3v) is 3.85. The maximum absolute atomic E-state index is 13.1. The molecule has 0 bridgehead atoms. The average molecular weight is 334 g/mol. The minimum atomic E-state index is -0.562. The molecule has 2 aromatic rings. The Balaban J connectivity index is 2.02. The molecule has 4 nitrogen and oxygen atoms in total. The first-order valence-corrected chi connectivity index (χ1v) is 8.30. The van der Waals surface area contributed by atoms with Crippen molar-refractivity contribution in [1.29, 1.82) is 0 Å². The van der Waals surface area contributed by atoms with Crippen molar-refractivity contribution in [2.45, 2.75) is 39.1 Å². The lowest BCUT2D eigenvalue weighted by atomic mass is 10.2. The van der Waals surface area contributed by atoms with Crippen LogP contribution in [0.25, 0.3) is 0 Å². The van der Waals surface area contributed by atoms with E-state index in [9.17, 15) is 9.50 Å². The van der Waals surface area contributed by atoms with Crippen molar-refractivity contribution in [3.05, 3.63) is 59.7 Å². The summed E-state index contributed by atoms with van der Waals surface area (Å²) in [6, 6.07) is 10.6. The minimum Gasteiger partial charge on any atom is -0.389 e. The van der Waals surface area contributed by atoms with Gasteiger partial charge in [-0.25, -0.2) is 4.39 Å². The minimum absolute atomic E-state index is 0.0954. The van der Waals surface area contributed by atoms with Crippen LogP contribution in [0, 0.1) is 5.82 Å². The fourth-order valence-corrected chi connectivity index (χ4v) is 2.58. The number of ether oxygens (including phenoxy) is 1. The normalized spacial score (nSPS) is 13.0. The van der Waals surface area contributed by atoms with Crippen molar-refractivity contribution in [2.75, 3.05) is 13.2 Å². The molecule has 24 heavy (non-hydrogen) atoms. The summed E-state index contributed by atoms with van der Waals surface area (Å²) in [4.78, 5) is 2.15. The number of nitrogens with zero attached hydrogens (tertiary/aromatic N) is 2. The van der Waals surface area contributed by atoms with Gasteiger partial charge in [-0.3, -0.25) is 4.90 Å². The van der Waals surface area contributed by atoms with E-state index in [0.717, 1.165) is 11.3 Å². The zero-order valence-corrected chi connectivity index (χ0v) is 14.7. The van der Waals surface area contributed by atoms with Crippen LogP contribution >= 0.6 is 0 Å². The molecule has 132 valence electrons. The fourth-order valence-electron chi connectivity index (χ4n) is 2.58. The van der Waals surface area contributed by atoms with Gasteiger partial charge in [0.2, 0.25) is 0 Å². The standard InChI is InChI=1S/C19H27FN2O2/c1-15(2)24-14-19(23)13-22(12-18-5-4-10-21(18)3)11-16-6-8-17(20)9-7-16/h4-10,15,19,23H,11-14H2,1-3H3/t19-/m1/s1. The Morgan fingerprint density at radius 3 is 2.46 bits per heavy atom. The van der Waals surface area contributed by atoms with Crippen molar-refractivity contribution in [3.63, 3.8) is 0 Å². The first-order chi connectivity index (χ1) is 11.4. The number of aliphatic hydroxyl groups is 1. The lowest BCUT2D eigenvalue weighted by Crippen LogP contribution is -2.35. The summed E-state index contributed by atoms with van der Waals surface area (Å²) in [7, 11) is 2.00. The monoisotopic (exact) mass is 334 g/mol. The number of aryl methyl sites for hydroxylation is 1. The first-order valence-electron chi connectivity index (χ1n) is 8.30. The van der Waals surface area contributed by atoms with Gasteiger partial charge in [-0.2, -0.15) is 0 Å². The van der Waals surface area contributed by atoms with Crippen LogP contribution in [-0.2, 0) is 24.9 Å². The predicted octanol–water partition coefficient (Wildman–Crippen LogP) is 2.95. The lowest BCUT2D eigenvalue weighted by Gasteiger charge is -2.26. The van der Waals surface area contributed by atoms with Gasteiger partial charge < -0.3 is 14.4 Å². The number of hydrogen-bond donors (Lipinski definition) is 1. The molecule has 0 amide bonds. The van der Waals surface area contributed by atoms with E-state index in [1.54, 1.807) is 12.1 Å². The van der Waals surface area contributed by atoms with Gasteiger partial charge in [-0.1, -0.05) is 12.1 Å². The number of aromatic nitrogens is 1. The van der Waals surface area contributed by atoms with E-state index in [4.69, 9.17) is 4.74 Å². The highest BCUT2D eigenvalue weighted by Crippen LogP contribution is 2.12. The van der Waals surface area contributed by atoms with Gasteiger partial charge in [-0.05, 0) is 43.7 Å². The number of rotatable bonds is 9. The van der Waals surface area contributed by atoms with E-state index in [2.05, 4.69) is 15.5 Å². The van der Waals surface area contributed by atoms with E-state index in [1.807, 2.05) is 33.2 Å². The van der Waals surface area contributed by atoms with E-state index >= 15 is 0 Å². The molecule has 0 unspecified atom stereocenters. The summed E-state index contributed by atoms with van der Waals surface area (Å²) in [5.41, 5.74) is 2.18. The molecule has 1 aromatic carbocycles. The van der Waals surface area contributed by atoms with Crippen molar-refractivity contribution in [3.8, 4) is 0 Å². The molecule has 0 radical (unpaired) electrons. The highest BCUT2D eigenvalue weighted by molar-refractivity contribution is 5.16. The van der Waals surface area contributed by atoms with E-state index in [0.29, 0.717) is 26.2 Å². The Hall–Kier alpha value is -1.69. The summed E-state index contributed by atoms with van der Waals surface area (Å²) in [5, 5.41) is 10.3. The molecule has 0 spiro atoms. The van der Waals surface area contributed by atoms with Crippen LogP contribution in [-0.4, -0.2) is 39.9 Å². The van der Waals surface area contributed by atoms with Crippen LogP contribution in [0.4, 0.5) is 4.39 Å². The number of hydrogen-bond acceptors (Lipinski definition) is 3. The van der Waals surface area contributed by atoms with Gasteiger partial charge >= 0.3 is 0 Å². The van der Waals surface area contributed by atoms with Gasteiger partial charge in [0.05, 0.1) is 18.8 Å². The molecule has 1 atom stereocenters. The van der Waals surface area contributed by atoms with Crippen molar-refractivity contribution in [2.24, 2.45) is 7.05 Å².